The predicted molar refractivity (Wildman–Crippen MR) is 157 cm³/mol. The number of aromatic nitrogens is 8. The van der Waals surface area contributed by atoms with Crippen LogP contribution < -0.4 is 5.32 Å². The largest absolute Gasteiger partial charge is 0.340 e. The van der Waals surface area contributed by atoms with Crippen LogP contribution in [0.15, 0.2) is 79.9 Å². The van der Waals surface area contributed by atoms with E-state index in [9.17, 15) is 4.39 Å². The summed E-state index contributed by atoms with van der Waals surface area (Å²) in [6.07, 6.45) is 12.9. The van der Waals surface area contributed by atoms with E-state index in [1.165, 1.54) is 27.8 Å². The molecule has 8 rings (SSSR count). The zero-order chi connectivity index (χ0) is 27.3. The Labute approximate surface area is 237 Å². The lowest BCUT2D eigenvalue weighted by molar-refractivity contribution is 0.514. The maximum atomic E-state index is 13.7. The number of fused-ring (bicyclic) bond motifs is 6. The molecule has 5 heterocycles. The van der Waals surface area contributed by atoms with Gasteiger partial charge in [0.2, 0.25) is 0 Å². The normalized spacial score (nSPS) is 12.6. The van der Waals surface area contributed by atoms with Gasteiger partial charge in [0.25, 0.3) is 0 Å². The smallest absolute Gasteiger partial charge is 0.142 e. The zero-order valence-electron chi connectivity index (χ0n) is 21.9. The van der Waals surface area contributed by atoms with Gasteiger partial charge >= 0.3 is 0 Å². The van der Waals surface area contributed by atoms with E-state index in [1.807, 2.05) is 47.8 Å². The van der Waals surface area contributed by atoms with Gasteiger partial charge < -0.3 is 9.88 Å². The van der Waals surface area contributed by atoms with Crippen LogP contribution in [-0.2, 0) is 32.5 Å². The number of anilines is 2. The molecule has 0 spiro atoms. The molecule has 11 heteroatoms. The first kappa shape index (κ1) is 23.9. The molecule has 0 aliphatic heterocycles. The fourth-order valence-electron chi connectivity index (χ4n) is 5.71. The van der Waals surface area contributed by atoms with Crippen molar-refractivity contribution in [1.82, 2.24) is 39.1 Å². The van der Waals surface area contributed by atoms with E-state index in [1.54, 1.807) is 36.0 Å². The van der Waals surface area contributed by atoms with Crippen LogP contribution in [-0.4, -0.2) is 39.1 Å². The van der Waals surface area contributed by atoms with Crippen molar-refractivity contribution in [2.45, 2.75) is 32.5 Å². The molecule has 0 fully saturated rings. The minimum Gasteiger partial charge on any atom is -0.340 e. The van der Waals surface area contributed by atoms with Gasteiger partial charge in [-0.15, -0.1) is 11.3 Å². The second-order valence-electron chi connectivity index (χ2n) is 10.2. The van der Waals surface area contributed by atoms with E-state index in [0.717, 1.165) is 64.1 Å². The van der Waals surface area contributed by atoms with E-state index in [2.05, 4.69) is 40.7 Å². The highest BCUT2D eigenvalue weighted by molar-refractivity contribution is 7.22. The summed E-state index contributed by atoms with van der Waals surface area (Å²) in [4.78, 5) is 15.6. The summed E-state index contributed by atoms with van der Waals surface area (Å²) < 4.78 is 19.7. The number of thiophene rings is 1. The fourth-order valence-corrected chi connectivity index (χ4v) is 6.93. The molecular formula is C30H24FN9S. The minimum atomic E-state index is -0.243. The van der Waals surface area contributed by atoms with E-state index < -0.39 is 0 Å². The summed E-state index contributed by atoms with van der Waals surface area (Å²) in [6.45, 7) is 2.14. The van der Waals surface area contributed by atoms with Crippen LogP contribution in [0.1, 0.15) is 16.8 Å². The molecule has 9 nitrogen and oxygen atoms in total. The summed E-state index contributed by atoms with van der Waals surface area (Å²) >= 11 is 1.70. The Hall–Kier alpha value is -4.90. The molecule has 5 aromatic heterocycles. The molecule has 1 aliphatic carbocycles. The Balaban J connectivity index is 1.09. The van der Waals surface area contributed by atoms with Gasteiger partial charge in [-0.05, 0) is 54.3 Å². The van der Waals surface area contributed by atoms with E-state index >= 15 is 0 Å². The maximum Gasteiger partial charge on any atom is 0.142 e. The van der Waals surface area contributed by atoms with Gasteiger partial charge in [-0.2, -0.15) is 10.2 Å². The van der Waals surface area contributed by atoms with Gasteiger partial charge in [0, 0.05) is 46.1 Å². The number of hydrogen-bond donors (Lipinski definition) is 1. The number of benzene rings is 2. The fraction of sp³-hybridized carbons (Fsp3) is 0.167. The van der Waals surface area contributed by atoms with Crippen molar-refractivity contribution < 1.29 is 4.39 Å². The third kappa shape index (κ3) is 4.25. The molecule has 0 bridgehead atoms. The van der Waals surface area contributed by atoms with Crippen molar-refractivity contribution in [3.05, 3.63) is 103 Å². The van der Waals surface area contributed by atoms with Crippen molar-refractivity contribution in [2.24, 2.45) is 0 Å². The highest BCUT2D eigenvalue weighted by Gasteiger charge is 2.27. The van der Waals surface area contributed by atoms with Crippen molar-refractivity contribution in [2.75, 3.05) is 5.32 Å². The summed E-state index contributed by atoms with van der Waals surface area (Å²) in [5.41, 5.74) is 6.52. The topological polar surface area (TPSA) is 91.3 Å². The second-order valence-corrected chi connectivity index (χ2v) is 11.2. The van der Waals surface area contributed by atoms with Crippen LogP contribution in [0.25, 0.3) is 31.6 Å². The Kier molecular flexibility index (Phi) is 5.62. The quantitative estimate of drug-likeness (QED) is 0.263. The van der Waals surface area contributed by atoms with E-state index in [-0.39, 0.29) is 5.82 Å². The molecule has 41 heavy (non-hydrogen) atoms. The number of rotatable bonds is 7. The van der Waals surface area contributed by atoms with Crippen LogP contribution in [0.5, 0.6) is 0 Å². The molecule has 1 aliphatic rings. The van der Waals surface area contributed by atoms with Crippen LogP contribution >= 0.6 is 11.3 Å². The highest BCUT2D eigenvalue weighted by atomic mass is 32.1. The van der Waals surface area contributed by atoms with Crippen molar-refractivity contribution in [3.8, 4) is 10.4 Å². The molecule has 7 aromatic rings. The standard InChI is InChI=1S/C30H24FN9S/c31-21-3-1-2-19(12-21)16-40-25-6-4-22(13-20(25)14-35-40)37-29-27-23-5-7-26-24(28(23)41-30(27)34-17-33-29)15-36-39(26)11-10-38-9-8-32-18-38/h1-4,6,8-9,12-15,17-18H,5,7,10-11,16H2,(H,33,34,37). The van der Waals surface area contributed by atoms with Gasteiger partial charge in [0.05, 0.1) is 42.7 Å². The van der Waals surface area contributed by atoms with Crippen LogP contribution in [0.3, 0.4) is 0 Å². The van der Waals surface area contributed by atoms with Crippen molar-refractivity contribution in [1.29, 1.82) is 0 Å². The molecule has 0 atom stereocenters. The number of halogens is 1. The van der Waals surface area contributed by atoms with Crippen LogP contribution in [0.2, 0.25) is 0 Å². The number of imidazole rings is 1. The monoisotopic (exact) mass is 561 g/mol. The first-order chi connectivity index (χ1) is 20.2. The lowest BCUT2D eigenvalue weighted by atomic mass is 9.95. The molecule has 0 unspecified atom stereocenters. The van der Waals surface area contributed by atoms with E-state index in [4.69, 9.17) is 5.10 Å². The van der Waals surface area contributed by atoms with Gasteiger partial charge in [-0.1, -0.05) is 12.1 Å². The van der Waals surface area contributed by atoms with Crippen LogP contribution in [0, 0.1) is 5.82 Å². The summed E-state index contributed by atoms with van der Waals surface area (Å²) in [5, 5.41) is 14.9. The average Bonchev–Trinajstić information content (AvgIpc) is 3.78. The first-order valence-corrected chi connectivity index (χ1v) is 14.3. The lowest BCUT2D eigenvalue weighted by Gasteiger charge is -2.16. The first-order valence-electron chi connectivity index (χ1n) is 13.4. The number of hydrogen-bond acceptors (Lipinski definition) is 7. The zero-order valence-corrected chi connectivity index (χ0v) is 22.7. The minimum absolute atomic E-state index is 0.243. The third-order valence-electron chi connectivity index (χ3n) is 7.65. The van der Waals surface area contributed by atoms with Gasteiger partial charge in [0.15, 0.2) is 0 Å². The number of nitrogens with one attached hydrogen (secondary N) is 1. The van der Waals surface area contributed by atoms with Crippen molar-refractivity contribution in [3.63, 3.8) is 0 Å². The Morgan fingerprint density at radius 1 is 0.976 bits per heavy atom. The molecule has 0 amide bonds. The SMILES string of the molecule is Fc1cccc(Cn2ncc3cc(Nc4ncnc5sc6c(c45)CCc4c-6cnn4CCn4ccnc4)ccc32)c1. The lowest BCUT2D eigenvalue weighted by Crippen LogP contribution is -2.13. The predicted octanol–water partition coefficient (Wildman–Crippen LogP) is 5.83. The molecule has 202 valence electrons. The number of nitrogens with zero attached hydrogens (tertiary/aromatic N) is 8. The van der Waals surface area contributed by atoms with E-state index in [0.29, 0.717) is 6.54 Å². The molecule has 2 aromatic carbocycles. The van der Waals surface area contributed by atoms with Gasteiger partial charge in [-0.25, -0.2) is 19.3 Å². The van der Waals surface area contributed by atoms with Gasteiger partial charge in [-0.3, -0.25) is 9.36 Å². The highest BCUT2D eigenvalue weighted by Crippen LogP contribution is 2.45. The molecule has 0 saturated heterocycles. The van der Waals surface area contributed by atoms with Crippen molar-refractivity contribution >= 4 is 44.0 Å². The second kappa shape index (κ2) is 9.63. The Morgan fingerprint density at radius 3 is 2.83 bits per heavy atom. The number of aryl methyl sites for hydroxylation is 3. The molecule has 0 radical (unpaired) electrons. The Bertz CT molecular complexity index is 2040. The summed E-state index contributed by atoms with van der Waals surface area (Å²) in [6, 6.07) is 12.8. The van der Waals surface area contributed by atoms with Crippen LogP contribution in [0.4, 0.5) is 15.9 Å². The average molecular weight is 562 g/mol. The summed E-state index contributed by atoms with van der Waals surface area (Å²) in [5.74, 6) is 0.558. The molecule has 0 saturated carbocycles. The van der Waals surface area contributed by atoms with Gasteiger partial charge in [0.1, 0.15) is 22.8 Å². The Morgan fingerprint density at radius 2 is 1.93 bits per heavy atom. The molecular weight excluding hydrogens is 537 g/mol. The molecule has 1 N–H and O–H groups in total. The maximum absolute atomic E-state index is 13.7. The summed E-state index contributed by atoms with van der Waals surface area (Å²) in [7, 11) is 0. The third-order valence-corrected chi connectivity index (χ3v) is 8.82.